The summed E-state index contributed by atoms with van der Waals surface area (Å²) in [6, 6.07) is 5.15. The Morgan fingerprint density at radius 3 is 2.74 bits per heavy atom. The Hall–Kier alpha value is -1.88. The molecule has 1 fully saturated rings. The van der Waals surface area contributed by atoms with E-state index in [1.165, 1.54) is 12.3 Å². The minimum absolute atomic E-state index is 0.128. The van der Waals surface area contributed by atoms with Crippen LogP contribution in [0.1, 0.15) is 43.7 Å². The first-order chi connectivity index (χ1) is 11.0. The Kier molecular flexibility index (Phi) is 6.16. The molecule has 126 valence electrons. The van der Waals surface area contributed by atoms with Crippen molar-refractivity contribution in [3.05, 3.63) is 46.4 Å². The highest BCUT2D eigenvalue weighted by atomic mass is 19.1. The van der Waals surface area contributed by atoms with Crippen molar-refractivity contribution in [3.8, 4) is 0 Å². The zero-order valence-corrected chi connectivity index (χ0v) is 13.8. The molecule has 0 aliphatic carbocycles. The number of piperidine rings is 1. The summed E-state index contributed by atoms with van der Waals surface area (Å²) in [5.74, 6) is 0.252. The van der Waals surface area contributed by atoms with E-state index in [9.17, 15) is 4.39 Å². The van der Waals surface area contributed by atoms with Crippen LogP contribution in [0.2, 0.25) is 0 Å². The van der Waals surface area contributed by atoms with Crippen LogP contribution in [0.4, 0.5) is 4.39 Å². The van der Waals surface area contributed by atoms with Gasteiger partial charge in [0.1, 0.15) is 5.82 Å². The number of nitrogens with one attached hydrogen (secondary N) is 1. The summed E-state index contributed by atoms with van der Waals surface area (Å²) in [6.07, 6.45) is 3.94. The summed E-state index contributed by atoms with van der Waals surface area (Å²) in [5, 5.41) is 15.5. The molecule has 2 rings (SSSR count). The maximum atomic E-state index is 13.8. The van der Waals surface area contributed by atoms with Crippen LogP contribution in [0, 0.1) is 11.7 Å². The van der Waals surface area contributed by atoms with E-state index in [0.717, 1.165) is 37.1 Å². The lowest BCUT2D eigenvalue weighted by atomic mass is 9.87. The van der Waals surface area contributed by atoms with Gasteiger partial charge in [0.25, 0.3) is 0 Å². The van der Waals surface area contributed by atoms with Gasteiger partial charge in [0, 0.05) is 12.1 Å². The molecule has 1 heterocycles. The Balaban J connectivity index is 2.25. The van der Waals surface area contributed by atoms with E-state index in [1.807, 2.05) is 19.9 Å². The van der Waals surface area contributed by atoms with E-state index in [-0.39, 0.29) is 11.7 Å². The molecule has 1 saturated heterocycles. The molecule has 4 N–H and O–H groups in total. The molecule has 0 atom stereocenters. The van der Waals surface area contributed by atoms with Gasteiger partial charge in [-0.3, -0.25) is 0 Å². The molecule has 23 heavy (non-hydrogen) atoms. The number of nitrogens with two attached hydrogens (primary N) is 1. The third-order valence-corrected chi connectivity index (χ3v) is 4.42. The molecule has 0 aromatic heterocycles. The summed E-state index contributed by atoms with van der Waals surface area (Å²) in [6.45, 7) is 5.82. The molecule has 1 aromatic rings. The van der Waals surface area contributed by atoms with Crippen molar-refractivity contribution in [1.29, 1.82) is 0 Å². The average Bonchev–Trinajstić information content (AvgIpc) is 2.54. The molecule has 0 spiro atoms. The van der Waals surface area contributed by atoms with Gasteiger partial charge in [-0.05, 0) is 60.5 Å². The van der Waals surface area contributed by atoms with Crippen molar-refractivity contribution < 1.29 is 9.60 Å². The summed E-state index contributed by atoms with van der Waals surface area (Å²) < 4.78 is 13.8. The Morgan fingerprint density at radius 1 is 1.43 bits per heavy atom. The minimum Gasteiger partial charge on any atom is -0.411 e. The van der Waals surface area contributed by atoms with E-state index in [1.54, 1.807) is 6.07 Å². The highest BCUT2D eigenvalue weighted by molar-refractivity contribution is 5.79. The van der Waals surface area contributed by atoms with Crippen molar-refractivity contribution in [3.63, 3.8) is 0 Å². The van der Waals surface area contributed by atoms with Gasteiger partial charge < -0.3 is 16.3 Å². The summed E-state index contributed by atoms with van der Waals surface area (Å²) in [5.41, 5.74) is 9.56. The van der Waals surface area contributed by atoms with Crippen molar-refractivity contribution in [2.24, 2.45) is 16.8 Å². The van der Waals surface area contributed by atoms with Gasteiger partial charge >= 0.3 is 0 Å². The van der Waals surface area contributed by atoms with Crippen LogP contribution in [0.5, 0.6) is 0 Å². The smallest absolute Gasteiger partial charge is 0.126 e. The molecular weight excluding hydrogens is 293 g/mol. The van der Waals surface area contributed by atoms with Gasteiger partial charge in [-0.1, -0.05) is 31.1 Å². The normalized spacial score (nSPS) is 17.7. The van der Waals surface area contributed by atoms with Crippen LogP contribution < -0.4 is 11.1 Å². The predicted molar refractivity (Wildman–Crippen MR) is 91.3 cm³/mol. The van der Waals surface area contributed by atoms with Crippen LogP contribution in [0.3, 0.4) is 0 Å². The van der Waals surface area contributed by atoms with E-state index >= 15 is 0 Å². The first-order valence-electron chi connectivity index (χ1n) is 8.18. The second kappa shape index (κ2) is 8.11. The number of halogens is 1. The highest BCUT2D eigenvalue weighted by Gasteiger charge is 2.19. The van der Waals surface area contributed by atoms with Crippen LogP contribution in [0.15, 0.2) is 34.6 Å². The highest BCUT2D eigenvalue weighted by Crippen LogP contribution is 2.25. The quantitative estimate of drug-likeness (QED) is 0.443. The first kappa shape index (κ1) is 17.5. The lowest BCUT2D eigenvalue weighted by molar-refractivity contribution is 0.320. The van der Waals surface area contributed by atoms with Gasteiger partial charge in [-0.2, -0.15) is 0 Å². The molecule has 0 amide bonds. The van der Waals surface area contributed by atoms with Gasteiger partial charge in [0.15, 0.2) is 0 Å². The maximum Gasteiger partial charge on any atom is 0.126 e. The molecule has 1 aliphatic heterocycles. The number of allylic oxidation sites excluding steroid dienone is 2. The number of oxime groups is 1. The third-order valence-electron chi connectivity index (χ3n) is 4.42. The molecule has 1 aliphatic rings. The number of hydrogen-bond acceptors (Lipinski definition) is 4. The van der Waals surface area contributed by atoms with Crippen LogP contribution >= 0.6 is 0 Å². The number of benzene rings is 1. The lowest BCUT2D eigenvalue weighted by Crippen LogP contribution is -2.30. The van der Waals surface area contributed by atoms with E-state index in [4.69, 9.17) is 10.9 Å². The molecule has 0 unspecified atom stereocenters. The summed E-state index contributed by atoms with van der Waals surface area (Å²) in [4.78, 5) is 0. The third kappa shape index (κ3) is 4.55. The fourth-order valence-corrected chi connectivity index (χ4v) is 3.11. The average molecular weight is 319 g/mol. The lowest BCUT2D eigenvalue weighted by Gasteiger charge is -2.24. The first-order valence-corrected chi connectivity index (χ1v) is 8.18. The largest absolute Gasteiger partial charge is 0.411 e. The molecule has 0 bridgehead atoms. The van der Waals surface area contributed by atoms with Gasteiger partial charge in [-0.15, -0.1) is 0 Å². The number of hydrogen-bond donors (Lipinski definition) is 3. The fourth-order valence-electron chi connectivity index (χ4n) is 3.11. The topological polar surface area (TPSA) is 70.6 Å². The van der Waals surface area contributed by atoms with Crippen molar-refractivity contribution in [2.75, 3.05) is 13.1 Å². The second-order valence-electron chi connectivity index (χ2n) is 6.44. The molecule has 5 heteroatoms. The van der Waals surface area contributed by atoms with Crippen LogP contribution in [-0.4, -0.2) is 24.5 Å². The van der Waals surface area contributed by atoms with Crippen LogP contribution in [0.25, 0.3) is 0 Å². The fraction of sp³-hybridized carbons (Fsp3) is 0.500. The zero-order valence-electron chi connectivity index (χ0n) is 13.8. The Labute approximate surface area is 137 Å². The van der Waals surface area contributed by atoms with Crippen molar-refractivity contribution >= 4 is 6.21 Å². The predicted octanol–water partition coefficient (Wildman–Crippen LogP) is 3.16. The van der Waals surface area contributed by atoms with Gasteiger partial charge in [0.05, 0.1) is 6.21 Å². The zero-order chi connectivity index (χ0) is 16.8. The van der Waals surface area contributed by atoms with E-state index in [2.05, 4.69) is 10.5 Å². The standard InChI is InChI=1S/C18H26FN3O/c1-12(2)15-9-13(3-4-17(15)19)10-18(20)16(11-22-23)14-5-7-21-8-6-14/h3-4,9,11-12,14,21,23H,5-8,10,20H2,1-2H3/b18-16+,22-11+. The summed E-state index contributed by atoms with van der Waals surface area (Å²) >= 11 is 0. The van der Waals surface area contributed by atoms with E-state index in [0.29, 0.717) is 23.6 Å². The van der Waals surface area contributed by atoms with Gasteiger partial charge in [-0.25, -0.2) is 4.39 Å². The molecule has 0 saturated carbocycles. The molecular formula is C18H26FN3O. The summed E-state index contributed by atoms with van der Waals surface area (Å²) in [7, 11) is 0. The van der Waals surface area contributed by atoms with Gasteiger partial charge in [0.2, 0.25) is 0 Å². The Bertz CT molecular complexity index is 590. The SMILES string of the molecule is CC(C)c1cc(C/C(N)=C(/C=N/O)C2CCNCC2)ccc1F. The number of nitrogens with zero attached hydrogens (tertiary/aromatic N) is 1. The van der Waals surface area contributed by atoms with Crippen molar-refractivity contribution in [2.45, 2.75) is 39.0 Å². The molecule has 1 aromatic carbocycles. The molecule has 0 radical (unpaired) electrons. The minimum atomic E-state index is -0.179. The van der Waals surface area contributed by atoms with E-state index < -0.39 is 0 Å². The van der Waals surface area contributed by atoms with Crippen LogP contribution in [-0.2, 0) is 6.42 Å². The number of rotatable bonds is 5. The Morgan fingerprint density at radius 2 is 2.13 bits per heavy atom. The second-order valence-corrected chi connectivity index (χ2v) is 6.44. The van der Waals surface area contributed by atoms with Crippen molar-refractivity contribution in [1.82, 2.24) is 5.32 Å². The maximum absolute atomic E-state index is 13.8. The monoisotopic (exact) mass is 319 g/mol. The molecule has 4 nitrogen and oxygen atoms in total.